The minimum absolute atomic E-state index is 0.128. The van der Waals surface area contributed by atoms with E-state index in [4.69, 9.17) is 9.47 Å². The van der Waals surface area contributed by atoms with E-state index in [2.05, 4.69) is 0 Å². The van der Waals surface area contributed by atoms with Gasteiger partial charge in [-0.3, -0.25) is 0 Å². The first-order valence-electron chi connectivity index (χ1n) is 6.50. The second-order valence-corrected chi connectivity index (χ2v) is 6.68. The van der Waals surface area contributed by atoms with Crippen molar-refractivity contribution < 1.29 is 27.4 Å². The molecule has 0 saturated carbocycles. The van der Waals surface area contributed by atoms with Crippen molar-refractivity contribution in [1.29, 1.82) is 0 Å². The van der Waals surface area contributed by atoms with E-state index in [1.165, 1.54) is 18.5 Å². The molecule has 118 valence electrons. The zero-order valence-corrected chi connectivity index (χ0v) is 12.7. The van der Waals surface area contributed by atoms with Crippen LogP contribution in [0, 0.1) is 5.82 Å². The van der Waals surface area contributed by atoms with E-state index in [9.17, 15) is 17.9 Å². The van der Waals surface area contributed by atoms with Gasteiger partial charge in [-0.1, -0.05) is 0 Å². The van der Waals surface area contributed by atoms with Gasteiger partial charge in [0.2, 0.25) is 10.0 Å². The summed E-state index contributed by atoms with van der Waals surface area (Å²) >= 11 is 0. The first-order valence-corrected chi connectivity index (χ1v) is 7.94. The number of methoxy groups -OCH3 is 2. The summed E-state index contributed by atoms with van der Waals surface area (Å²) in [5, 5.41) is 9.44. The van der Waals surface area contributed by atoms with Crippen molar-refractivity contribution in [3.8, 4) is 11.5 Å². The van der Waals surface area contributed by atoms with E-state index in [1.54, 1.807) is 0 Å². The zero-order valence-electron chi connectivity index (χ0n) is 11.9. The maximum absolute atomic E-state index is 14.1. The Morgan fingerprint density at radius 1 is 1.19 bits per heavy atom. The lowest BCUT2D eigenvalue weighted by Gasteiger charge is -2.29. The highest BCUT2D eigenvalue weighted by Crippen LogP contribution is 2.33. The number of hydrogen-bond donors (Lipinski definition) is 1. The smallest absolute Gasteiger partial charge is 0.246 e. The van der Waals surface area contributed by atoms with Crippen LogP contribution >= 0.6 is 0 Å². The molecule has 2 rings (SSSR count). The van der Waals surface area contributed by atoms with Crippen LogP contribution in [0.25, 0.3) is 0 Å². The van der Waals surface area contributed by atoms with Crippen molar-refractivity contribution in [1.82, 2.24) is 4.31 Å². The van der Waals surface area contributed by atoms with E-state index in [-0.39, 0.29) is 24.6 Å². The van der Waals surface area contributed by atoms with Crippen LogP contribution in [0.1, 0.15) is 12.8 Å². The van der Waals surface area contributed by atoms with Crippen molar-refractivity contribution in [3.63, 3.8) is 0 Å². The molecule has 0 amide bonds. The molecule has 1 aliphatic heterocycles. The van der Waals surface area contributed by atoms with Gasteiger partial charge in [0, 0.05) is 25.2 Å². The fourth-order valence-electron chi connectivity index (χ4n) is 2.25. The maximum Gasteiger partial charge on any atom is 0.246 e. The van der Waals surface area contributed by atoms with Crippen molar-refractivity contribution in [2.75, 3.05) is 27.3 Å². The molecular weight excluding hydrogens is 301 g/mol. The number of aliphatic hydroxyl groups is 1. The second-order valence-electron chi connectivity index (χ2n) is 4.77. The Bertz CT molecular complexity index is 611. The lowest BCUT2D eigenvalue weighted by atomic mass is 10.1. The van der Waals surface area contributed by atoms with Crippen LogP contribution in [0.4, 0.5) is 4.39 Å². The summed E-state index contributed by atoms with van der Waals surface area (Å²) in [7, 11) is -1.27. The molecule has 1 aromatic carbocycles. The number of sulfonamides is 1. The van der Waals surface area contributed by atoms with Crippen molar-refractivity contribution in [3.05, 3.63) is 17.9 Å². The molecular formula is C13H18FNO5S. The number of aliphatic hydroxyl groups excluding tert-OH is 1. The van der Waals surface area contributed by atoms with Crippen LogP contribution in [0.3, 0.4) is 0 Å². The number of rotatable bonds is 4. The standard InChI is InChI=1S/C13H18FNO5S/c1-19-11-7-10(14)13(8-12(11)20-2)21(17,18)15-5-3-9(16)4-6-15/h7-9,16H,3-6H2,1-2H3. The average Bonchev–Trinajstić information content (AvgIpc) is 2.47. The summed E-state index contributed by atoms with van der Waals surface area (Å²) in [6, 6.07) is 2.11. The summed E-state index contributed by atoms with van der Waals surface area (Å²) in [5.41, 5.74) is 0. The summed E-state index contributed by atoms with van der Waals surface area (Å²) < 4.78 is 50.2. The minimum atomic E-state index is -3.96. The van der Waals surface area contributed by atoms with E-state index >= 15 is 0 Å². The molecule has 1 saturated heterocycles. The third-order valence-electron chi connectivity index (χ3n) is 3.48. The molecule has 1 heterocycles. The van der Waals surface area contributed by atoms with Gasteiger partial charge in [-0.05, 0) is 12.8 Å². The predicted octanol–water partition coefficient (Wildman–Crippen LogP) is 0.988. The minimum Gasteiger partial charge on any atom is -0.493 e. The van der Waals surface area contributed by atoms with Crippen molar-refractivity contribution >= 4 is 10.0 Å². The molecule has 0 spiro atoms. The molecule has 1 aromatic rings. The van der Waals surface area contributed by atoms with Crippen LogP contribution in [0.2, 0.25) is 0 Å². The number of ether oxygens (including phenoxy) is 2. The zero-order chi connectivity index (χ0) is 15.6. The van der Waals surface area contributed by atoms with Crippen molar-refractivity contribution in [2.24, 2.45) is 0 Å². The molecule has 8 heteroatoms. The monoisotopic (exact) mass is 319 g/mol. The van der Waals surface area contributed by atoms with E-state index < -0.39 is 26.8 Å². The maximum atomic E-state index is 14.1. The summed E-state index contributed by atoms with van der Waals surface area (Å²) in [5.74, 6) is -0.615. The van der Waals surface area contributed by atoms with E-state index in [0.29, 0.717) is 12.8 Å². The van der Waals surface area contributed by atoms with Gasteiger partial charge in [0.25, 0.3) is 0 Å². The van der Waals surface area contributed by atoms with Gasteiger partial charge in [0.1, 0.15) is 10.7 Å². The average molecular weight is 319 g/mol. The van der Waals surface area contributed by atoms with Crippen LogP contribution in [-0.4, -0.2) is 51.2 Å². The highest BCUT2D eigenvalue weighted by atomic mass is 32.2. The Labute approximate surface area is 123 Å². The quantitative estimate of drug-likeness (QED) is 0.895. The third-order valence-corrected chi connectivity index (χ3v) is 5.39. The highest BCUT2D eigenvalue weighted by Gasteiger charge is 2.32. The molecule has 0 bridgehead atoms. The van der Waals surface area contributed by atoms with Crippen LogP contribution in [-0.2, 0) is 10.0 Å². The van der Waals surface area contributed by atoms with E-state index in [1.807, 2.05) is 0 Å². The molecule has 0 atom stereocenters. The first-order chi connectivity index (χ1) is 9.90. The Balaban J connectivity index is 2.40. The van der Waals surface area contributed by atoms with Gasteiger partial charge in [0.05, 0.1) is 20.3 Å². The summed E-state index contributed by atoms with van der Waals surface area (Å²) in [6.07, 6.45) is 0.175. The van der Waals surface area contributed by atoms with Gasteiger partial charge in [-0.25, -0.2) is 12.8 Å². The largest absolute Gasteiger partial charge is 0.493 e. The van der Waals surface area contributed by atoms with Gasteiger partial charge in [0.15, 0.2) is 11.5 Å². The van der Waals surface area contributed by atoms with Gasteiger partial charge < -0.3 is 14.6 Å². The third kappa shape index (κ3) is 3.12. The fourth-order valence-corrected chi connectivity index (χ4v) is 3.79. The second kappa shape index (κ2) is 6.17. The highest BCUT2D eigenvalue weighted by molar-refractivity contribution is 7.89. The van der Waals surface area contributed by atoms with Crippen LogP contribution in [0.5, 0.6) is 11.5 Å². The summed E-state index contributed by atoms with van der Waals surface area (Å²) in [4.78, 5) is -0.448. The number of benzene rings is 1. The number of nitrogens with zero attached hydrogens (tertiary/aromatic N) is 1. The Kier molecular flexibility index (Phi) is 4.70. The topological polar surface area (TPSA) is 76.1 Å². The SMILES string of the molecule is COc1cc(F)c(S(=O)(=O)N2CCC(O)CC2)cc1OC. The van der Waals surface area contributed by atoms with E-state index in [0.717, 1.165) is 12.1 Å². The van der Waals surface area contributed by atoms with Crippen LogP contribution in [0.15, 0.2) is 17.0 Å². The molecule has 6 nitrogen and oxygen atoms in total. The molecule has 1 N–H and O–H groups in total. The molecule has 0 aliphatic carbocycles. The number of hydrogen-bond acceptors (Lipinski definition) is 5. The van der Waals surface area contributed by atoms with Crippen LogP contribution < -0.4 is 9.47 Å². The molecule has 0 radical (unpaired) electrons. The Hall–Kier alpha value is -1.38. The van der Waals surface area contributed by atoms with Gasteiger partial charge >= 0.3 is 0 Å². The normalized spacial score (nSPS) is 17.7. The molecule has 21 heavy (non-hydrogen) atoms. The molecule has 0 aromatic heterocycles. The molecule has 1 aliphatic rings. The van der Waals surface area contributed by atoms with Gasteiger partial charge in [-0.15, -0.1) is 0 Å². The first kappa shape index (κ1) is 16.0. The predicted molar refractivity (Wildman–Crippen MR) is 73.5 cm³/mol. The lowest BCUT2D eigenvalue weighted by Crippen LogP contribution is -2.40. The number of piperidine rings is 1. The number of halogens is 1. The molecule has 0 unspecified atom stereocenters. The van der Waals surface area contributed by atoms with Gasteiger partial charge in [-0.2, -0.15) is 4.31 Å². The molecule has 1 fully saturated rings. The Morgan fingerprint density at radius 3 is 2.24 bits per heavy atom. The van der Waals surface area contributed by atoms with Crippen molar-refractivity contribution in [2.45, 2.75) is 23.8 Å². The lowest BCUT2D eigenvalue weighted by molar-refractivity contribution is 0.113. The summed E-state index contributed by atoms with van der Waals surface area (Å²) in [6.45, 7) is 0.328. The fraction of sp³-hybridized carbons (Fsp3) is 0.538. The Morgan fingerprint density at radius 2 is 1.71 bits per heavy atom.